The third kappa shape index (κ3) is 6.25. The van der Waals surface area contributed by atoms with Crippen molar-refractivity contribution in [3.63, 3.8) is 0 Å². The summed E-state index contributed by atoms with van der Waals surface area (Å²) in [6.45, 7) is 2.09. The summed E-state index contributed by atoms with van der Waals surface area (Å²) >= 11 is 2.83. The Bertz CT molecular complexity index is 1010. The van der Waals surface area contributed by atoms with Gasteiger partial charge in [0.2, 0.25) is 11.8 Å². The number of carbonyl (C=O) groups is 3. The number of thioether (sulfide) groups is 1. The number of hydrogen-bond donors (Lipinski definition) is 4. The number of fused-ring (bicyclic) bond motifs is 1. The number of rotatable bonds is 10. The third-order valence-electron chi connectivity index (χ3n) is 4.73. The highest BCUT2D eigenvalue weighted by Gasteiger charge is 2.27. The van der Waals surface area contributed by atoms with E-state index < -0.39 is 12.0 Å². The first kappa shape index (κ1) is 23.2. The summed E-state index contributed by atoms with van der Waals surface area (Å²) in [7, 11) is 1.75. The Kier molecular flexibility index (Phi) is 7.99. The number of aromatic nitrogens is 1. The van der Waals surface area contributed by atoms with Crippen LogP contribution in [-0.4, -0.2) is 64.3 Å². The quantitative estimate of drug-likeness (QED) is 0.397. The smallest absolute Gasteiger partial charge is 0.329 e. The number of hydrogen-bond acceptors (Lipinski definition) is 8. The molecule has 2 heterocycles. The van der Waals surface area contributed by atoms with Crippen molar-refractivity contribution in [2.75, 3.05) is 24.7 Å². The molecular weight excluding hydrogens is 438 g/mol. The summed E-state index contributed by atoms with van der Waals surface area (Å²) < 4.78 is 0.895. The third-order valence-corrected chi connectivity index (χ3v) is 6.94. The molecule has 2 unspecified atom stereocenters. The van der Waals surface area contributed by atoms with Crippen LogP contribution in [0.15, 0.2) is 23.2 Å². The maximum Gasteiger partial charge on any atom is 0.329 e. The molecule has 0 radical (unpaired) electrons. The molecule has 31 heavy (non-hydrogen) atoms. The van der Waals surface area contributed by atoms with Gasteiger partial charge in [-0.3, -0.25) is 14.6 Å². The van der Waals surface area contributed by atoms with Gasteiger partial charge in [0.15, 0.2) is 6.04 Å². The average molecular weight is 464 g/mol. The predicted octanol–water partition coefficient (Wildman–Crippen LogP) is 2.08. The van der Waals surface area contributed by atoms with Gasteiger partial charge < -0.3 is 21.1 Å². The van der Waals surface area contributed by atoms with Gasteiger partial charge in [0.1, 0.15) is 10.1 Å². The van der Waals surface area contributed by atoms with E-state index in [1.807, 2.05) is 12.1 Å². The number of aliphatic carboxylic acids is 1. The number of benzene rings is 1. The van der Waals surface area contributed by atoms with E-state index in [2.05, 4.69) is 25.9 Å². The van der Waals surface area contributed by atoms with Crippen LogP contribution in [0.4, 0.5) is 5.69 Å². The Morgan fingerprint density at radius 1 is 1.29 bits per heavy atom. The molecule has 1 aromatic heterocycles. The lowest BCUT2D eigenvalue weighted by Gasteiger charge is -2.16. The van der Waals surface area contributed by atoms with Crippen molar-refractivity contribution in [1.29, 1.82) is 0 Å². The van der Waals surface area contributed by atoms with Gasteiger partial charge in [-0.1, -0.05) is 0 Å². The summed E-state index contributed by atoms with van der Waals surface area (Å²) in [5.41, 5.74) is 1.46. The van der Waals surface area contributed by atoms with Crippen LogP contribution >= 0.6 is 23.1 Å². The molecule has 11 heteroatoms. The first-order valence-electron chi connectivity index (χ1n) is 9.94. The zero-order valence-electron chi connectivity index (χ0n) is 17.3. The van der Waals surface area contributed by atoms with Gasteiger partial charge in [-0.05, 0) is 44.5 Å². The van der Waals surface area contributed by atoms with E-state index >= 15 is 0 Å². The molecule has 0 saturated heterocycles. The van der Waals surface area contributed by atoms with E-state index in [9.17, 15) is 14.4 Å². The number of unbranched alkanes of at least 4 members (excludes halogenated alkanes) is 1. The molecule has 0 spiro atoms. The summed E-state index contributed by atoms with van der Waals surface area (Å²) in [6, 6.07) is 4.45. The largest absolute Gasteiger partial charge is 0.480 e. The summed E-state index contributed by atoms with van der Waals surface area (Å²) in [5, 5.41) is 19.2. The van der Waals surface area contributed by atoms with Gasteiger partial charge >= 0.3 is 5.97 Å². The van der Waals surface area contributed by atoms with E-state index in [1.165, 1.54) is 30.0 Å². The van der Waals surface area contributed by atoms with Gasteiger partial charge in [-0.2, -0.15) is 0 Å². The molecule has 0 fully saturated rings. The van der Waals surface area contributed by atoms with Crippen molar-refractivity contribution in [3.05, 3.63) is 23.2 Å². The first-order valence-corrected chi connectivity index (χ1v) is 11.7. The molecule has 1 aliphatic rings. The highest BCUT2D eigenvalue weighted by molar-refractivity contribution is 8.15. The number of likely N-dealkylation sites (N-methyl/N-ethyl adjacent to an activating group) is 1. The number of nitrogens with one attached hydrogen (secondary N) is 3. The molecule has 0 saturated carbocycles. The fourth-order valence-corrected chi connectivity index (χ4v) is 5.19. The maximum atomic E-state index is 12.6. The minimum Gasteiger partial charge on any atom is -0.480 e. The minimum atomic E-state index is -0.928. The standard InChI is InChI=1S/C20H25N5O4S2/c1-11(26)22-8-4-3-5-14(21-2)17(27)23-12-6-7-13-16(9-12)31-19(24-13)18-25-15(10-30-18)20(28)29/h6-7,9,14-15,21H,3-5,8,10H2,1-2H3,(H,22,26)(H,23,27)(H,28,29). The van der Waals surface area contributed by atoms with Crippen LogP contribution < -0.4 is 16.0 Å². The lowest BCUT2D eigenvalue weighted by Crippen LogP contribution is -2.38. The number of carboxylic acids is 1. The second kappa shape index (κ2) is 10.7. The van der Waals surface area contributed by atoms with Crippen molar-refractivity contribution >= 4 is 61.8 Å². The number of thiazole rings is 1. The van der Waals surface area contributed by atoms with Gasteiger partial charge in [-0.25, -0.2) is 9.78 Å². The Labute approximate surface area is 188 Å². The summed E-state index contributed by atoms with van der Waals surface area (Å²) in [4.78, 5) is 43.4. The molecular formula is C20H25N5O4S2. The van der Waals surface area contributed by atoms with Crippen LogP contribution in [0.3, 0.4) is 0 Å². The fraction of sp³-hybridized carbons (Fsp3) is 0.450. The van der Waals surface area contributed by atoms with Crippen molar-refractivity contribution in [2.45, 2.75) is 38.3 Å². The van der Waals surface area contributed by atoms with E-state index in [0.29, 0.717) is 34.5 Å². The Morgan fingerprint density at radius 2 is 2.10 bits per heavy atom. The highest BCUT2D eigenvalue weighted by atomic mass is 32.2. The number of nitrogens with zero attached hydrogens (tertiary/aromatic N) is 2. The van der Waals surface area contributed by atoms with E-state index in [1.54, 1.807) is 13.1 Å². The highest BCUT2D eigenvalue weighted by Crippen LogP contribution is 2.31. The second-order valence-electron chi connectivity index (χ2n) is 7.11. The molecule has 0 bridgehead atoms. The van der Waals surface area contributed by atoms with E-state index in [4.69, 9.17) is 5.11 Å². The number of anilines is 1. The van der Waals surface area contributed by atoms with Gasteiger partial charge in [0.25, 0.3) is 0 Å². The van der Waals surface area contributed by atoms with Crippen molar-refractivity contribution in [2.24, 2.45) is 4.99 Å². The van der Waals surface area contributed by atoms with Crippen LogP contribution in [0, 0.1) is 0 Å². The molecule has 1 aliphatic heterocycles. The summed E-state index contributed by atoms with van der Waals surface area (Å²) in [6.07, 6.45) is 2.29. The molecule has 4 N–H and O–H groups in total. The summed E-state index contributed by atoms with van der Waals surface area (Å²) in [5.74, 6) is -0.684. The van der Waals surface area contributed by atoms with Crippen molar-refractivity contribution in [1.82, 2.24) is 15.6 Å². The topological polar surface area (TPSA) is 133 Å². The molecule has 166 valence electrons. The first-order chi connectivity index (χ1) is 14.9. The lowest BCUT2D eigenvalue weighted by atomic mass is 10.1. The van der Waals surface area contributed by atoms with Crippen LogP contribution in [0.1, 0.15) is 31.2 Å². The predicted molar refractivity (Wildman–Crippen MR) is 124 cm³/mol. The van der Waals surface area contributed by atoms with Gasteiger partial charge in [0.05, 0.1) is 16.3 Å². The maximum absolute atomic E-state index is 12.6. The Hall–Kier alpha value is -2.50. The van der Waals surface area contributed by atoms with Crippen LogP contribution in [0.5, 0.6) is 0 Å². The van der Waals surface area contributed by atoms with E-state index in [0.717, 1.165) is 23.1 Å². The van der Waals surface area contributed by atoms with Crippen LogP contribution in [0.25, 0.3) is 10.2 Å². The number of carbonyl (C=O) groups excluding carboxylic acids is 2. The molecule has 9 nitrogen and oxygen atoms in total. The molecule has 1 aromatic carbocycles. The zero-order chi connectivity index (χ0) is 22.4. The number of carboxylic acid groups (broad SMARTS) is 1. The van der Waals surface area contributed by atoms with Gasteiger partial charge in [0, 0.05) is 24.9 Å². The normalized spacial score (nSPS) is 16.7. The van der Waals surface area contributed by atoms with Crippen LogP contribution in [0.2, 0.25) is 0 Å². The molecule has 0 aliphatic carbocycles. The second-order valence-corrected chi connectivity index (χ2v) is 9.15. The number of aliphatic imine (C=N–C) groups is 1. The number of amides is 2. The van der Waals surface area contributed by atoms with E-state index in [-0.39, 0.29) is 17.9 Å². The van der Waals surface area contributed by atoms with Gasteiger partial charge in [-0.15, -0.1) is 23.1 Å². The van der Waals surface area contributed by atoms with Crippen LogP contribution in [-0.2, 0) is 14.4 Å². The molecule has 2 aromatic rings. The molecule has 2 amide bonds. The van der Waals surface area contributed by atoms with Crippen molar-refractivity contribution < 1.29 is 19.5 Å². The Balaban J connectivity index is 1.61. The minimum absolute atomic E-state index is 0.0511. The van der Waals surface area contributed by atoms with Crippen molar-refractivity contribution in [3.8, 4) is 0 Å². The monoisotopic (exact) mass is 463 g/mol. The Morgan fingerprint density at radius 3 is 2.77 bits per heavy atom. The molecule has 3 rings (SSSR count). The fourth-order valence-electron chi connectivity index (χ4n) is 3.09. The lowest BCUT2D eigenvalue weighted by molar-refractivity contribution is -0.137. The average Bonchev–Trinajstić information content (AvgIpc) is 3.37. The SMILES string of the molecule is CNC(CCCCNC(C)=O)C(=O)Nc1ccc2nc(C3=NC(C(=O)O)CS3)sc2c1. The zero-order valence-corrected chi connectivity index (χ0v) is 18.9. The molecule has 2 atom stereocenters.